The molecule has 1 atom stereocenters. The van der Waals surface area contributed by atoms with Gasteiger partial charge in [-0.1, -0.05) is 6.92 Å². The van der Waals surface area contributed by atoms with Crippen LogP contribution in [0.1, 0.15) is 64.1 Å². The SMILES string of the molecule is CCc1c[nH]c(=S)n1C(C)C12CC3CC(CC(C3)C1)C2. The molecule has 4 aliphatic rings. The second-order valence-corrected chi connectivity index (χ2v) is 8.15. The van der Waals surface area contributed by atoms with Crippen LogP contribution in [-0.4, -0.2) is 9.55 Å². The Morgan fingerprint density at radius 1 is 1.25 bits per heavy atom. The number of hydrogen-bond donors (Lipinski definition) is 1. The summed E-state index contributed by atoms with van der Waals surface area (Å²) in [6.45, 7) is 4.68. The first-order valence-corrected chi connectivity index (χ1v) is 8.81. The Hall–Kier alpha value is -0.570. The van der Waals surface area contributed by atoms with E-state index in [1.807, 2.05) is 0 Å². The van der Waals surface area contributed by atoms with E-state index in [0.29, 0.717) is 11.5 Å². The molecule has 110 valence electrons. The third-order valence-electron chi connectivity index (χ3n) is 6.61. The summed E-state index contributed by atoms with van der Waals surface area (Å²) in [5.74, 6) is 3.05. The summed E-state index contributed by atoms with van der Waals surface area (Å²) in [5.41, 5.74) is 1.93. The van der Waals surface area contributed by atoms with Crippen molar-refractivity contribution in [2.75, 3.05) is 0 Å². The minimum Gasteiger partial charge on any atom is -0.337 e. The van der Waals surface area contributed by atoms with Gasteiger partial charge in [0.1, 0.15) is 0 Å². The molecular formula is C17H26N2S. The summed E-state index contributed by atoms with van der Waals surface area (Å²) >= 11 is 5.58. The molecular weight excluding hydrogens is 264 g/mol. The van der Waals surface area contributed by atoms with Crippen LogP contribution < -0.4 is 0 Å². The fourth-order valence-corrected chi connectivity index (χ4v) is 6.41. The first-order valence-electron chi connectivity index (χ1n) is 8.40. The molecule has 3 heteroatoms. The first-order chi connectivity index (χ1) is 9.61. The molecule has 1 N–H and O–H groups in total. The normalized spacial score (nSPS) is 40.2. The topological polar surface area (TPSA) is 20.7 Å². The van der Waals surface area contributed by atoms with Crippen molar-refractivity contribution in [2.45, 2.75) is 64.8 Å². The van der Waals surface area contributed by atoms with Gasteiger partial charge in [0.05, 0.1) is 0 Å². The van der Waals surface area contributed by atoms with Crippen LogP contribution in [0.25, 0.3) is 0 Å². The average Bonchev–Trinajstić information content (AvgIpc) is 2.77. The summed E-state index contributed by atoms with van der Waals surface area (Å²) in [6, 6.07) is 0.574. The predicted octanol–water partition coefficient (Wildman–Crippen LogP) is 4.89. The van der Waals surface area contributed by atoms with Crippen molar-refractivity contribution in [1.82, 2.24) is 9.55 Å². The van der Waals surface area contributed by atoms with Crippen LogP contribution >= 0.6 is 12.2 Å². The molecule has 0 spiro atoms. The summed E-state index contributed by atoms with van der Waals surface area (Å²) in [7, 11) is 0. The number of nitrogens with one attached hydrogen (secondary N) is 1. The largest absolute Gasteiger partial charge is 0.337 e. The number of aromatic nitrogens is 2. The van der Waals surface area contributed by atoms with Crippen molar-refractivity contribution in [3.63, 3.8) is 0 Å². The molecule has 4 aliphatic carbocycles. The van der Waals surface area contributed by atoms with Gasteiger partial charge in [-0.3, -0.25) is 0 Å². The average molecular weight is 290 g/mol. The van der Waals surface area contributed by atoms with E-state index in [1.54, 1.807) is 0 Å². The maximum atomic E-state index is 5.58. The van der Waals surface area contributed by atoms with E-state index in [1.165, 1.54) is 44.2 Å². The van der Waals surface area contributed by atoms with Crippen LogP contribution in [0.15, 0.2) is 6.20 Å². The van der Waals surface area contributed by atoms with Crippen LogP contribution in [0, 0.1) is 27.9 Å². The number of imidazole rings is 1. The van der Waals surface area contributed by atoms with Gasteiger partial charge < -0.3 is 9.55 Å². The van der Waals surface area contributed by atoms with Crippen molar-refractivity contribution >= 4 is 12.2 Å². The molecule has 1 unspecified atom stereocenters. The minimum absolute atomic E-state index is 0.541. The van der Waals surface area contributed by atoms with E-state index in [4.69, 9.17) is 12.2 Å². The second kappa shape index (κ2) is 4.46. The molecule has 0 saturated heterocycles. The summed E-state index contributed by atoms with van der Waals surface area (Å²) in [4.78, 5) is 3.28. The lowest BCUT2D eigenvalue weighted by atomic mass is 9.48. The molecule has 4 saturated carbocycles. The molecule has 1 aromatic rings. The summed E-state index contributed by atoms with van der Waals surface area (Å²) in [6.07, 6.45) is 12.1. The quantitative estimate of drug-likeness (QED) is 0.786. The molecule has 1 heterocycles. The Morgan fingerprint density at radius 3 is 2.30 bits per heavy atom. The predicted molar refractivity (Wildman–Crippen MR) is 84.3 cm³/mol. The number of nitrogens with zero attached hydrogens (tertiary/aromatic N) is 1. The van der Waals surface area contributed by atoms with Gasteiger partial charge in [-0.15, -0.1) is 0 Å². The zero-order valence-electron chi connectivity index (χ0n) is 12.7. The lowest BCUT2D eigenvalue weighted by molar-refractivity contribution is -0.0794. The highest BCUT2D eigenvalue weighted by atomic mass is 32.1. The molecule has 1 aromatic heterocycles. The first kappa shape index (κ1) is 13.1. The fraction of sp³-hybridized carbons (Fsp3) is 0.824. The van der Waals surface area contributed by atoms with E-state index in [2.05, 4.69) is 29.6 Å². The van der Waals surface area contributed by atoms with Crippen LogP contribution in [-0.2, 0) is 6.42 Å². The number of aryl methyl sites for hydroxylation is 1. The van der Waals surface area contributed by atoms with Gasteiger partial charge >= 0.3 is 0 Å². The van der Waals surface area contributed by atoms with E-state index in [0.717, 1.165) is 28.9 Å². The Labute approximate surface area is 127 Å². The fourth-order valence-electron chi connectivity index (χ4n) is 6.07. The highest BCUT2D eigenvalue weighted by molar-refractivity contribution is 7.71. The van der Waals surface area contributed by atoms with Gasteiger partial charge in [-0.05, 0) is 87.3 Å². The number of aromatic amines is 1. The standard InChI is InChI=1S/C17H26N2S/c1-3-15-10-18-16(20)19(15)11(2)17-7-12-4-13(8-17)6-14(5-12)9-17/h10-14H,3-9H2,1-2H3,(H,18,20). The molecule has 20 heavy (non-hydrogen) atoms. The molecule has 5 rings (SSSR count). The maximum Gasteiger partial charge on any atom is 0.177 e. The molecule has 4 bridgehead atoms. The van der Waals surface area contributed by atoms with E-state index < -0.39 is 0 Å². The zero-order valence-corrected chi connectivity index (χ0v) is 13.5. The Morgan fingerprint density at radius 2 is 1.80 bits per heavy atom. The van der Waals surface area contributed by atoms with Gasteiger partial charge in [0.15, 0.2) is 4.77 Å². The molecule has 2 nitrogen and oxygen atoms in total. The van der Waals surface area contributed by atoms with Crippen molar-refractivity contribution < 1.29 is 0 Å². The third kappa shape index (κ3) is 1.78. The lowest BCUT2D eigenvalue weighted by Gasteiger charge is -2.59. The van der Waals surface area contributed by atoms with Crippen LogP contribution in [0.4, 0.5) is 0 Å². The van der Waals surface area contributed by atoms with E-state index >= 15 is 0 Å². The number of H-pyrrole nitrogens is 1. The van der Waals surface area contributed by atoms with Crippen molar-refractivity contribution in [1.29, 1.82) is 0 Å². The number of rotatable bonds is 3. The Kier molecular flexibility index (Phi) is 2.93. The number of hydrogen-bond acceptors (Lipinski definition) is 1. The van der Waals surface area contributed by atoms with Crippen LogP contribution in [0.3, 0.4) is 0 Å². The van der Waals surface area contributed by atoms with Crippen LogP contribution in [0.5, 0.6) is 0 Å². The van der Waals surface area contributed by atoms with Crippen molar-refractivity contribution in [3.05, 3.63) is 16.7 Å². The van der Waals surface area contributed by atoms with Crippen molar-refractivity contribution in [3.8, 4) is 0 Å². The summed E-state index contributed by atoms with van der Waals surface area (Å²) in [5, 5.41) is 0. The van der Waals surface area contributed by atoms with Gasteiger partial charge in [-0.2, -0.15) is 0 Å². The third-order valence-corrected chi connectivity index (χ3v) is 6.93. The molecule has 0 aliphatic heterocycles. The molecule has 0 amide bonds. The second-order valence-electron chi connectivity index (χ2n) is 7.76. The Bertz CT molecular complexity index is 533. The van der Waals surface area contributed by atoms with E-state index in [9.17, 15) is 0 Å². The van der Waals surface area contributed by atoms with Crippen LogP contribution in [0.2, 0.25) is 0 Å². The molecule has 4 fully saturated rings. The highest BCUT2D eigenvalue weighted by Crippen LogP contribution is 2.63. The molecule has 0 radical (unpaired) electrons. The van der Waals surface area contributed by atoms with Crippen molar-refractivity contribution in [2.24, 2.45) is 23.2 Å². The monoisotopic (exact) mass is 290 g/mol. The van der Waals surface area contributed by atoms with E-state index in [-0.39, 0.29) is 0 Å². The smallest absolute Gasteiger partial charge is 0.177 e. The van der Waals surface area contributed by atoms with Gasteiger partial charge in [-0.25, -0.2) is 0 Å². The highest BCUT2D eigenvalue weighted by Gasteiger charge is 2.53. The lowest BCUT2D eigenvalue weighted by Crippen LogP contribution is -2.49. The molecule has 0 aromatic carbocycles. The minimum atomic E-state index is 0.541. The van der Waals surface area contributed by atoms with Gasteiger partial charge in [0.2, 0.25) is 0 Å². The maximum absolute atomic E-state index is 5.58. The van der Waals surface area contributed by atoms with Gasteiger partial charge in [0, 0.05) is 17.9 Å². The zero-order chi connectivity index (χ0) is 13.9. The Balaban J connectivity index is 1.73. The van der Waals surface area contributed by atoms with Gasteiger partial charge in [0.25, 0.3) is 0 Å². The summed E-state index contributed by atoms with van der Waals surface area (Å²) < 4.78 is 3.38.